The molecule has 158 valence electrons. The molecular weight excluding hydrogens is 394 g/mol. The van der Waals surface area contributed by atoms with Gasteiger partial charge in [-0.1, -0.05) is 30.3 Å². The number of ether oxygens (including phenoxy) is 1. The number of nitrogens with zero attached hydrogens (tertiary/aromatic N) is 2. The van der Waals surface area contributed by atoms with Gasteiger partial charge >= 0.3 is 5.97 Å². The molecule has 7 heteroatoms. The van der Waals surface area contributed by atoms with E-state index in [2.05, 4.69) is 15.3 Å². The number of furan rings is 1. The minimum atomic E-state index is -0.665. The van der Waals surface area contributed by atoms with Crippen molar-refractivity contribution in [2.24, 2.45) is 4.99 Å². The highest BCUT2D eigenvalue weighted by molar-refractivity contribution is 6.21. The fraction of sp³-hybridized carbons (Fsp3) is 0.208. The van der Waals surface area contributed by atoms with Gasteiger partial charge in [-0.3, -0.25) is 0 Å². The van der Waals surface area contributed by atoms with Crippen molar-refractivity contribution in [1.29, 1.82) is 0 Å². The molecule has 2 N–H and O–H groups in total. The van der Waals surface area contributed by atoms with E-state index in [-0.39, 0.29) is 29.6 Å². The molecule has 3 heterocycles. The fourth-order valence-electron chi connectivity index (χ4n) is 3.41. The van der Waals surface area contributed by atoms with Crippen molar-refractivity contribution < 1.29 is 19.1 Å². The fourth-order valence-corrected chi connectivity index (χ4v) is 3.41. The van der Waals surface area contributed by atoms with Gasteiger partial charge in [0, 0.05) is 23.5 Å². The number of rotatable bonds is 6. The third kappa shape index (κ3) is 3.94. The second-order valence-corrected chi connectivity index (χ2v) is 7.59. The molecular formula is C24H23N3O4. The van der Waals surface area contributed by atoms with E-state index in [0.29, 0.717) is 5.82 Å². The quantitative estimate of drug-likeness (QED) is 0.538. The maximum absolute atomic E-state index is 12.6. The van der Waals surface area contributed by atoms with Crippen molar-refractivity contribution in [2.45, 2.75) is 26.3 Å². The van der Waals surface area contributed by atoms with E-state index in [4.69, 9.17) is 9.15 Å². The molecule has 0 fully saturated rings. The number of benzene rings is 1. The number of carbonyl (C=O) groups is 1. The molecule has 0 spiro atoms. The SMILES string of the molecule is CCOC(=O)c1c(NC(C)(C)c2ccccc2)oc(C=C2C=Nc3ncccc32)c1O. The Hall–Kier alpha value is -3.87. The van der Waals surface area contributed by atoms with Gasteiger partial charge in [-0.15, -0.1) is 0 Å². The van der Waals surface area contributed by atoms with Gasteiger partial charge in [0.05, 0.1) is 12.1 Å². The number of hydrogen-bond acceptors (Lipinski definition) is 7. The Morgan fingerprint density at radius 1 is 1.23 bits per heavy atom. The standard InChI is InChI=1S/C24H23N3O4/c1-4-30-23(29)19-20(28)18(13-15-14-26-21-17(15)11-8-12-25-21)31-22(19)27-24(2,3)16-9-6-5-7-10-16/h5-14,27-28H,4H2,1-3H3. The Morgan fingerprint density at radius 3 is 2.74 bits per heavy atom. The summed E-state index contributed by atoms with van der Waals surface area (Å²) in [5.41, 5.74) is 1.90. The van der Waals surface area contributed by atoms with Crippen molar-refractivity contribution in [3.63, 3.8) is 0 Å². The summed E-state index contributed by atoms with van der Waals surface area (Å²) in [6.07, 6.45) is 4.94. The van der Waals surface area contributed by atoms with E-state index in [9.17, 15) is 9.90 Å². The Morgan fingerprint density at radius 2 is 2.00 bits per heavy atom. The number of nitrogens with one attached hydrogen (secondary N) is 1. The van der Waals surface area contributed by atoms with Crippen LogP contribution in [-0.4, -0.2) is 28.9 Å². The minimum absolute atomic E-state index is 0.0425. The number of pyridine rings is 1. The number of allylic oxidation sites excluding steroid dienone is 1. The largest absolute Gasteiger partial charge is 0.504 e. The van der Waals surface area contributed by atoms with Gasteiger partial charge in [-0.25, -0.2) is 14.8 Å². The average Bonchev–Trinajstić information content (AvgIpc) is 3.30. The van der Waals surface area contributed by atoms with Crippen molar-refractivity contribution >= 4 is 35.5 Å². The highest BCUT2D eigenvalue weighted by atomic mass is 16.5. The van der Waals surface area contributed by atoms with E-state index >= 15 is 0 Å². The zero-order chi connectivity index (χ0) is 22.0. The molecule has 1 aliphatic rings. The van der Waals surface area contributed by atoms with Crippen LogP contribution in [0.25, 0.3) is 11.6 Å². The van der Waals surface area contributed by atoms with Gasteiger partial charge in [0.2, 0.25) is 5.88 Å². The predicted octanol–water partition coefficient (Wildman–Crippen LogP) is 5.16. The van der Waals surface area contributed by atoms with E-state index < -0.39 is 11.5 Å². The molecule has 1 aromatic carbocycles. The minimum Gasteiger partial charge on any atom is -0.504 e. The van der Waals surface area contributed by atoms with Crippen molar-refractivity contribution in [3.8, 4) is 5.75 Å². The molecule has 2 aromatic heterocycles. The molecule has 0 bridgehead atoms. The second kappa shape index (κ2) is 8.10. The van der Waals surface area contributed by atoms with Crippen LogP contribution < -0.4 is 5.32 Å². The number of hydrogen-bond donors (Lipinski definition) is 2. The monoisotopic (exact) mass is 417 g/mol. The molecule has 0 atom stereocenters. The van der Waals surface area contributed by atoms with Crippen LogP contribution in [0, 0.1) is 0 Å². The summed E-state index contributed by atoms with van der Waals surface area (Å²) >= 11 is 0. The van der Waals surface area contributed by atoms with E-state index in [1.807, 2.05) is 56.3 Å². The summed E-state index contributed by atoms with van der Waals surface area (Å²) in [6, 6.07) is 13.4. The number of aromatic hydroxyl groups is 1. The zero-order valence-corrected chi connectivity index (χ0v) is 17.5. The number of aliphatic imine (C=N–C) groups is 1. The molecule has 1 aliphatic heterocycles. The Bertz CT molecular complexity index is 1180. The lowest BCUT2D eigenvalue weighted by Gasteiger charge is -2.27. The summed E-state index contributed by atoms with van der Waals surface area (Å²) in [4.78, 5) is 21.1. The van der Waals surface area contributed by atoms with Crippen molar-refractivity contribution in [3.05, 3.63) is 71.1 Å². The molecule has 7 nitrogen and oxygen atoms in total. The summed E-state index contributed by atoms with van der Waals surface area (Å²) in [7, 11) is 0. The average molecular weight is 417 g/mol. The maximum atomic E-state index is 12.6. The number of esters is 1. The Kier molecular flexibility index (Phi) is 5.33. The molecule has 31 heavy (non-hydrogen) atoms. The van der Waals surface area contributed by atoms with E-state index in [1.54, 1.807) is 25.4 Å². The Labute approximate surface area is 180 Å². The van der Waals surface area contributed by atoms with Crippen LogP contribution in [0.15, 0.2) is 58.1 Å². The summed E-state index contributed by atoms with van der Waals surface area (Å²) < 4.78 is 11.1. The number of anilines is 1. The molecule has 0 unspecified atom stereocenters. The number of aromatic nitrogens is 1. The van der Waals surface area contributed by atoms with Crippen molar-refractivity contribution in [2.75, 3.05) is 11.9 Å². The molecule has 3 aromatic rings. The smallest absolute Gasteiger partial charge is 0.347 e. The first-order valence-electron chi connectivity index (χ1n) is 9.98. The van der Waals surface area contributed by atoms with Gasteiger partial charge in [-0.2, -0.15) is 0 Å². The van der Waals surface area contributed by atoms with Crippen LogP contribution in [-0.2, 0) is 10.3 Å². The normalized spacial score (nSPS) is 14.0. The van der Waals surface area contributed by atoms with Crippen LogP contribution in [0.2, 0.25) is 0 Å². The second-order valence-electron chi connectivity index (χ2n) is 7.59. The first kappa shape index (κ1) is 20.4. The highest BCUT2D eigenvalue weighted by Gasteiger charge is 2.31. The van der Waals surface area contributed by atoms with Gasteiger partial charge in [0.1, 0.15) is 0 Å². The summed E-state index contributed by atoms with van der Waals surface area (Å²) in [5, 5.41) is 14.1. The van der Waals surface area contributed by atoms with Gasteiger partial charge < -0.3 is 19.6 Å². The third-order valence-electron chi connectivity index (χ3n) is 5.02. The first-order chi connectivity index (χ1) is 14.9. The van der Waals surface area contributed by atoms with Crippen LogP contribution in [0.1, 0.15) is 48.0 Å². The van der Waals surface area contributed by atoms with Crippen LogP contribution in [0.3, 0.4) is 0 Å². The molecule has 0 saturated heterocycles. The van der Waals surface area contributed by atoms with E-state index in [0.717, 1.165) is 16.7 Å². The lowest BCUT2D eigenvalue weighted by molar-refractivity contribution is 0.0524. The lowest BCUT2D eigenvalue weighted by atomic mass is 9.94. The predicted molar refractivity (Wildman–Crippen MR) is 120 cm³/mol. The summed E-state index contributed by atoms with van der Waals surface area (Å²) in [5.74, 6) is -0.0930. The van der Waals surface area contributed by atoms with Crippen LogP contribution in [0.5, 0.6) is 5.75 Å². The first-order valence-corrected chi connectivity index (χ1v) is 9.98. The number of carbonyl (C=O) groups excluding carboxylic acids is 1. The van der Waals surface area contributed by atoms with Crippen LogP contribution in [0.4, 0.5) is 11.7 Å². The van der Waals surface area contributed by atoms with Gasteiger partial charge in [0.15, 0.2) is 22.9 Å². The highest BCUT2D eigenvalue weighted by Crippen LogP contribution is 2.40. The van der Waals surface area contributed by atoms with Gasteiger partial charge in [0.25, 0.3) is 0 Å². The van der Waals surface area contributed by atoms with Gasteiger partial charge in [-0.05, 0) is 44.5 Å². The van der Waals surface area contributed by atoms with Crippen LogP contribution >= 0.6 is 0 Å². The topological polar surface area (TPSA) is 97.0 Å². The molecule has 0 aliphatic carbocycles. The maximum Gasteiger partial charge on any atom is 0.347 e. The third-order valence-corrected chi connectivity index (χ3v) is 5.02. The summed E-state index contributed by atoms with van der Waals surface area (Å²) in [6.45, 7) is 5.80. The molecule has 0 saturated carbocycles. The lowest BCUT2D eigenvalue weighted by Crippen LogP contribution is -2.28. The Balaban J connectivity index is 1.76. The van der Waals surface area contributed by atoms with E-state index in [1.165, 1.54) is 0 Å². The molecule has 0 radical (unpaired) electrons. The molecule has 0 amide bonds. The van der Waals surface area contributed by atoms with Crippen molar-refractivity contribution in [1.82, 2.24) is 4.98 Å². The number of fused-ring (bicyclic) bond motifs is 1. The zero-order valence-electron chi connectivity index (χ0n) is 17.5. The molecule has 4 rings (SSSR count).